The normalized spacial score (nSPS) is 18.1. The molecule has 1 atom stereocenters. The van der Waals surface area contributed by atoms with Crippen molar-refractivity contribution in [1.29, 1.82) is 0 Å². The van der Waals surface area contributed by atoms with E-state index in [9.17, 15) is 4.79 Å². The number of aromatic amines is 1. The van der Waals surface area contributed by atoms with Gasteiger partial charge in [-0.25, -0.2) is 0 Å². The molecule has 0 saturated carbocycles. The number of anilines is 1. The molecule has 1 aromatic carbocycles. The SMILES string of the molecule is Cc1cc(C)c2c(NCNC3CCCc4[nH]c(=O)ccc43)c3c(nc2c1)CCCC3. The zero-order chi connectivity index (χ0) is 20.7. The second kappa shape index (κ2) is 7.88. The third-order valence-corrected chi connectivity index (χ3v) is 6.65. The van der Waals surface area contributed by atoms with E-state index in [1.807, 2.05) is 6.07 Å². The molecule has 2 aromatic heterocycles. The summed E-state index contributed by atoms with van der Waals surface area (Å²) in [5, 5.41) is 8.70. The van der Waals surface area contributed by atoms with E-state index in [-0.39, 0.29) is 11.6 Å². The van der Waals surface area contributed by atoms with Crippen LogP contribution in [-0.4, -0.2) is 16.6 Å². The van der Waals surface area contributed by atoms with Crippen molar-refractivity contribution in [3.8, 4) is 0 Å². The highest BCUT2D eigenvalue weighted by atomic mass is 16.1. The molecule has 3 N–H and O–H groups in total. The van der Waals surface area contributed by atoms with Crippen molar-refractivity contribution in [3.63, 3.8) is 0 Å². The fourth-order valence-electron chi connectivity index (χ4n) is 5.31. The molecule has 0 aliphatic heterocycles. The third-order valence-electron chi connectivity index (χ3n) is 6.65. The molecule has 0 bridgehead atoms. The topological polar surface area (TPSA) is 69.8 Å². The Bertz CT molecular complexity index is 1160. The molecule has 2 aliphatic rings. The van der Waals surface area contributed by atoms with Crippen molar-refractivity contribution < 1.29 is 0 Å². The van der Waals surface area contributed by atoms with Crippen LogP contribution in [0.2, 0.25) is 0 Å². The standard InChI is InChI=1S/C25H30N4O/c1-15-12-16(2)24-22(13-15)28-21-7-4-3-6-18(21)25(24)27-14-26-19-8-5-9-20-17(19)10-11-23(30)29-20/h10-13,19,26H,3-9,14H2,1-2H3,(H,27,28)(H,29,30). The molecule has 5 nitrogen and oxygen atoms in total. The Morgan fingerprint density at radius 1 is 1.10 bits per heavy atom. The molecule has 5 heteroatoms. The lowest BCUT2D eigenvalue weighted by molar-refractivity contribution is 0.468. The molecule has 30 heavy (non-hydrogen) atoms. The lowest BCUT2D eigenvalue weighted by atomic mass is 9.91. The number of rotatable bonds is 4. The van der Waals surface area contributed by atoms with Gasteiger partial charge in [-0.05, 0) is 87.1 Å². The van der Waals surface area contributed by atoms with Gasteiger partial charge >= 0.3 is 0 Å². The lowest BCUT2D eigenvalue weighted by Gasteiger charge is -2.27. The first kappa shape index (κ1) is 19.3. The van der Waals surface area contributed by atoms with Crippen LogP contribution in [0.5, 0.6) is 0 Å². The Labute approximate surface area is 177 Å². The summed E-state index contributed by atoms with van der Waals surface area (Å²) in [7, 11) is 0. The Morgan fingerprint density at radius 2 is 1.97 bits per heavy atom. The van der Waals surface area contributed by atoms with E-state index in [1.54, 1.807) is 6.07 Å². The lowest BCUT2D eigenvalue weighted by Crippen LogP contribution is -2.31. The highest BCUT2D eigenvalue weighted by Gasteiger charge is 2.22. The van der Waals surface area contributed by atoms with Gasteiger partial charge in [-0.1, -0.05) is 12.1 Å². The Kier molecular flexibility index (Phi) is 5.07. The molecule has 0 saturated heterocycles. The molecule has 0 radical (unpaired) electrons. The number of fused-ring (bicyclic) bond motifs is 3. The van der Waals surface area contributed by atoms with Crippen LogP contribution in [0, 0.1) is 13.8 Å². The van der Waals surface area contributed by atoms with Crippen molar-refractivity contribution in [1.82, 2.24) is 15.3 Å². The minimum atomic E-state index is -0.00632. The van der Waals surface area contributed by atoms with E-state index in [0.717, 1.165) is 43.3 Å². The first-order chi connectivity index (χ1) is 14.6. The molecule has 0 amide bonds. The zero-order valence-corrected chi connectivity index (χ0v) is 17.9. The highest BCUT2D eigenvalue weighted by Crippen LogP contribution is 2.35. The molecule has 0 fully saturated rings. The van der Waals surface area contributed by atoms with Crippen molar-refractivity contribution >= 4 is 16.6 Å². The quantitative estimate of drug-likeness (QED) is 0.564. The molecular weight excluding hydrogens is 372 g/mol. The summed E-state index contributed by atoms with van der Waals surface area (Å²) in [5.74, 6) is 0. The number of pyridine rings is 2. The van der Waals surface area contributed by atoms with Gasteiger partial charge in [0.2, 0.25) is 5.56 Å². The van der Waals surface area contributed by atoms with Crippen molar-refractivity contribution in [2.75, 3.05) is 12.0 Å². The van der Waals surface area contributed by atoms with Crippen LogP contribution >= 0.6 is 0 Å². The largest absolute Gasteiger partial charge is 0.372 e. The van der Waals surface area contributed by atoms with Gasteiger partial charge in [-0.3, -0.25) is 15.1 Å². The fourth-order valence-corrected chi connectivity index (χ4v) is 5.31. The molecule has 2 heterocycles. The summed E-state index contributed by atoms with van der Waals surface area (Å²) in [6, 6.07) is 8.37. The van der Waals surface area contributed by atoms with Gasteiger partial charge in [0.05, 0.1) is 12.2 Å². The molecule has 156 valence electrons. The first-order valence-corrected chi connectivity index (χ1v) is 11.2. The van der Waals surface area contributed by atoms with Gasteiger partial charge in [-0.2, -0.15) is 0 Å². The van der Waals surface area contributed by atoms with E-state index >= 15 is 0 Å². The number of hydrogen-bond donors (Lipinski definition) is 3. The summed E-state index contributed by atoms with van der Waals surface area (Å²) in [4.78, 5) is 19.7. The predicted octanol–water partition coefficient (Wildman–Crippen LogP) is 4.46. The summed E-state index contributed by atoms with van der Waals surface area (Å²) >= 11 is 0. The zero-order valence-electron chi connectivity index (χ0n) is 17.9. The summed E-state index contributed by atoms with van der Waals surface area (Å²) in [6.45, 7) is 5.04. The maximum atomic E-state index is 11.7. The number of aryl methyl sites for hydroxylation is 4. The van der Waals surface area contributed by atoms with Crippen LogP contribution in [-0.2, 0) is 19.3 Å². The maximum absolute atomic E-state index is 11.7. The van der Waals surface area contributed by atoms with Gasteiger partial charge in [0.25, 0.3) is 0 Å². The third kappa shape index (κ3) is 3.52. The van der Waals surface area contributed by atoms with E-state index in [2.05, 4.69) is 41.6 Å². The van der Waals surface area contributed by atoms with Gasteiger partial charge in [0.1, 0.15) is 0 Å². The fraction of sp³-hybridized carbons (Fsp3) is 0.440. The molecule has 0 spiro atoms. The number of aromatic nitrogens is 2. The monoisotopic (exact) mass is 402 g/mol. The Balaban J connectivity index is 1.44. The minimum Gasteiger partial charge on any atom is -0.372 e. The van der Waals surface area contributed by atoms with Crippen LogP contribution in [0.15, 0.2) is 29.1 Å². The van der Waals surface area contributed by atoms with E-state index in [1.165, 1.54) is 51.9 Å². The summed E-state index contributed by atoms with van der Waals surface area (Å²) < 4.78 is 0. The average molecular weight is 403 g/mol. The van der Waals surface area contributed by atoms with Crippen molar-refractivity contribution in [3.05, 3.63) is 68.3 Å². The van der Waals surface area contributed by atoms with Crippen LogP contribution in [0.25, 0.3) is 10.9 Å². The highest BCUT2D eigenvalue weighted by molar-refractivity contribution is 5.96. The maximum Gasteiger partial charge on any atom is 0.248 e. The second-order valence-corrected chi connectivity index (χ2v) is 8.85. The first-order valence-electron chi connectivity index (χ1n) is 11.2. The molecule has 3 aromatic rings. The number of benzene rings is 1. The number of hydrogen-bond acceptors (Lipinski definition) is 4. The number of nitrogens with one attached hydrogen (secondary N) is 3. The van der Waals surface area contributed by atoms with Crippen LogP contribution < -0.4 is 16.2 Å². The van der Waals surface area contributed by atoms with Crippen molar-refractivity contribution in [2.45, 2.75) is 64.8 Å². The second-order valence-electron chi connectivity index (χ2n) is 8.85. The predicted molar refractivity (Wildman–Crippen MR) is 122 cm³/mol. The summed E-state index contributed by atoms with van der Waals surface area (Å²) in [6.07, 6.45) is 7.77. The molecular formula is C25H30N4O. The van der Waals surface area contributed by atoms with Crippen LogP contribution in [0.1, 0.15) is 65.4 Å². The Morgan fingerprint density at radius 3 is 2.87 bits per heavy atom. The molecule has 5 rings (SSSR count). The van der Waals surface area contributed by atoms with Gasteiger partial charge in [0.15, 0.2) is 0 Å². The Hall–Kier alpha value is -2.66. The summed E-state index contributed by atoms with van der Waals surface area (Å²) in [5.41, 5.74) is 9.90. The number of H-pyrrole nitrogens is 1. The molecule has 1 unspecified atom stereocenters. The van der Waals surface area contributed by atoms with Crippen molar-refractivity contribution in [2.24, 2.45) is 0 Å². The number of nitrogens with zero attached hydrogens (tertiary/aromatic N) is 1. The van der Waals surface area contributed by atoms with E-state index in [0.29, 0.717) is 6.67 Å². The average Bonchev–Trinajstić information content (AvgIpc) is 2.72. The molecule has 2 aliphatic carbocycles. The van der Waals surface area contributed by atoms with Gasteiger partial charge in [0, 0.05) is 34.6 Å². The minimum absolute atomic E-state index is 0.00632. The van der Waals surface area contributed by atoms with E-state index < -0.39 is 0 Å². The van der Waals surface area contributed by atoms with Gasteiger partial charge in [-0.15, -0.1) is 0 Å². The van der Waals surface area contributed by atoms with E-state index in [4.69, 9.17) is 4.98 Å². The smallest absolute Gasteiger partial charge is 0.248 e. The van der Waals surface area contributed by atoms with Crippen LogP contribution in [0.4, 0.5) is 5.69 Å². The van der Waals surface area contributed by atoms with Crippen LogP contribution in [0.3, 0.4) is 0 Å². The van der Waals surface area contributed by atoms with Gasteiger partial charge < -0.3 is 10.3 Å².